The average Bonchev–Trinajstić information content (AvgIpc) is 3.13. The van der Waals surface area contributed by atoms with Gasteiger partial charge in [-0.1, -0.05) is 17.4 Å². The number of hydrogen-bond acceptors (Lipinski definition) is 5. The Hall–Kier alpha value is -2.14. The summed E-state index contributed by atoms with van der Waals surface area (Å²) in [5, 5.41) is 1.09. The van der Waals surface area contributed by atoms with Crippen molar-refractivity contribution in [2.75, 3.05) is 17.2 Å². The zero-order valence-electron chi connectivity index (χ0n) is 11.6. The lowest BCUT2D eigenvalue weighted by atomic mass is 10.1. The first kappa shape index (κ1) is 12.6. The molecule has 0 saturated carbocycles. The van der Waals surface area contributed by atoms with Gasteiger partial charge >= 0.3 is 0 Å². The molecule has 1 aliphatic rings. The molecule has 5 heteroatoms. The molecule has 1 saturated heterocycles. The molecule has 2 N–H and O–H groups in total. The van der Waals surface area contributed by atoms with Crippen LogP contribution in [-0.2, 0) is 0 Å². The van der Waals surface area contributed by atoms with Gasteiger partial charge in [0.05, 0.1) is 16.3 Å². The highest BCUT2D eigenvalue weighted by atomic mass is 32.1. The Morgan fingerprint density at radius 2 is 2.24 bits per heavy atom. The molecule has 0 spiro atoms. The predicted molar refractivity (Wildman–Crippen MR) is 87.6 cm³/mol. The largest absolute Gasteiger partial charge is 0.399 e. The molecule has 4 rings (SSSR count). The van der Waals surface area contributed by atoms with Crippen LogP contribution in [0, 0.1) is 0 Å². The summed E-state index contributed by atoms with van der Waals surface area (Å²) in [7, 11) is 0. The summed E-state index contributed by atoms with van der Waals surface area (Å²) < 4.78 is 1.15. The number of rotatable bonds is 2. The first-order chi connectivity index (χ1) is 10.3. The summed E-state index contributed by atoms with van der Waals surface area (Å²) in [6.07, 6.45) is 6.14. The summed E-state index contributed by atoms with van der Waals surface area (Å²) in [5.41, 5.74) is 8.96. The minimum absolute atomic E-state index is 0.386. The Kier molecular flexibility index (Phi) is 3.00. The van der Waals surface area contributed by atoms with E-state index in [-0.39, 0.29) is 0 Å². The predicted octanol–water partition coefficient (Wildman–Crippen LogP) is 3.62. The molecule has 1 aliphatic heterocycles. The molecule has 0 aliphatic carbocycles. The van der Waals surface area contributed by atoms with Crippen molar-refractivity contribution in [1.82, 2.24) is 9.97 Å². The number of anilines is 2. The number of hydrogen-bond donors (Lipinski definition) is 1. The molecule has 2 aromatic heterocycles. The molecular weight excluding hydrogens is 280 g/mol. The van der Waals surface area contributed by atoms with Gasteiger partial charge in [0.1, 0.15) is 0 Å². The number of nitrogens with zero attached hydrogens (tertiary/aromatic N) is 3. The van der Waals surface area contributed by atoms with Crippen LogP contribution in [0.4, 0.5) is 10.8 Å². The summed E-state index contributed by atoms with van der Waals surface area (Å²) in [6.45, 7) is 1.05. The molecule has 1 aromatic carbocycles. The van der Waals surface area contributed by atoms with Gasteiger partial charge in [-0.15, -0.1) is 0 Å². The van der Waals surface area contributed by atoms with Crippen molar-refractivity contribution in [2.24, 2.45) is 0 Å². The van der Waals surface area contributed by atoms with E-state index in [9.17, 15) is 0 Å². The maximum atomic E-state index is 5.86. The van der Waals surface area contributed by atoms with Crippen LogP contribution in [0.3, 0.4) is 0 Å². The van der Waals surface area contributed by atoms with Crippen LogP contribution in [0.25, 0.3) is 10.2 Å². The van der Waals surface area contributed by atoms with E-state index in [2.05, 4.69) is 16.0 Å². The number of thiazole rings is 1. The lowest BCUT2D eigenvalue weighted by Crippen LogP contribution is -2.22. The SMILES string of the molecule is Nc1ccc2nc(N3CCCC3c3cccnc3)sc2c1. The number of aromatic nitrogens is 2. The van der Waals surface area contributed by atoms with Gasteiger partial charge in [0.2, 0.25) is 0 Å². The number of benzene rings is 1. The second-order valence-electron chi connectivity index (χ2n) is 5.36. The van der Waals surface area contributed by atoms with Crippen molar-refractivity contribution >= 4 is 32.4 Å². The third-order valence-electron chi connectivity index (χ3n) is 3.97. The lowest BCUT2D eigenvalue weighted by molar-refractivity contribution is 0.714. The van der Waals surface area contributed by atoms with Crippen LogP contribution in [0.15, 0.2) is 42.7 Å². The zero-order valence-corrected chi connectivity index (χ0v) is 12.4. The molecule has 1 fully saturated rings. The molecule has 1 atom stereocenters. The standard InChI is InChI=1S/C16H16N4S/c17-12-5-6-13-15(9-12)21-16(19-13)20-8-2-4-14(20)11-3-1-7-18-10-11/h1,3,5-7,9-10,14H,2,4,8,17H2. The number of nitrogens with two attached hydrogens (primary N) is 1. The molecule has 3 heterocycles. The highest BCUT2D eigenvalue weighted by molar-refractivity contribution is 7.22. The Balaban J connectivity index is 1.73. The van der Waals surface area contributed by atoms with E-state index < -0.39 is 0 Å². The first-order valence-electron chi connectivity index (χ1n) is 7.14. The van der Waals surface area contributed by atoms with Gasteiger partial charge in [0, 0.05) is 24.6 Å². The number of nitrogen functional groups attached to an aromatic ring is 1. The quantitative estimate of drug-likeness (QED) is 0.734. The van der Waals surface area contributed by atoms with Gasteiger partial charge in [-0.2, -0.15) is 0 Å². The van der Waals surface area contributed by atoms with E-state index in [1.54, 1.807) is 11.3 Å². The summed E-state index contributed by atoms with van der Waals surface area (Å²) in [4.78, 5) is 11.4. The van der Waals surface area contributed by atoms with Gasteiger partial charge in [0.15, 0.2) is 5.13 Å². The molecule has 106 valence electrons. The van der Waals surface area contributed by atoms with Crippen molar-refractivity contribution in [2.45, 2.75) is 18.9 Å². The topological polar surface area (TPSA) is 55.0 Å². The summed E-state index contributed by atoms with van der Waals surface area (Å²) in [5.74, 6) is 0. The summed E-state index contributed by atoms with van der Waals surface area (Å²) >= 11 is 1.72. The number of pyridine rings is 1. The second-order valence-corrected chi connectivity index (χ2v) is 6.37. The zero-order chi connectivity index (χ0) is 14.2. The van der Waals surface area contributed by atoms with E-state index in [1.807, 2.05) is 36.7 Å². The van der Waals surface area contributed by atoms with Crippen molar-refractivity contribution in [3.8, 4) is 0 Å². The maximum absolute atomic E-state index is 5.86. The van der Waals surface area contributed by atoms with E-state index in [0.717, 1.165) is 34.0 Å². The fourth-order valence-corrected chi connectivity index (χ4v) is 4.06. The van der Waals surface area contributed by atoms with Crippen LogP contribution >= 0.6 is 11.3 Å². The molecule has 0 bridgehead atoms. The minimum Gasteiger partial charge on any atom is -0.399 e. The Morgan fingerprint density at radius 3 is 3.10 bits per heavy atom. The van der Waals surface area contributed by atoms with Crippen LogP contribution in [0.5, 0.6) is 0 Å². The van der Waals surface area contributed by atoms with E-state index in [0.29, 0.717) is 6.04 Å². The lowest BCUT2D eigenvalue weighted by Gasteiger charge is -2.23. The highest BCUT2D eigenvalue weighted by Gasteiger charge is 2.28. The van der Waals surface area contributed by atoms with Crippen LogP contribution < -0.4 is 10.6 Å². The average molecular weight is 296 g/mol. The smallest absolute Gasteiger partial charge is 0.186 e. The number of fused-ring (bicyclic) bond motifs is 1. The van der Waals surface area contributed by atoms with E-state index in [1.165, 1.54) is 12.0 Å². The maximum Gasteiger partial charge on any atom is 0.186 e. The monoisotopic (exact) mass is 296 g/mol. The first-order valence-corrected chi connectivity index (χ1v) is 7.95. The van der Waals surface area contributed by atoms with Gasteiger partial charge < -0.3 is 10.6 Å². The Bertz CT molecular complexity index is 768. The van der Waals surface area contributed by atoms with Crippen molar-refractivity contribution in [3.05, 3.63) is 48.3 Å². The second kappa shape index (κ2) is 5.00. The van der Waals surface area contributed by atoms with Gasteiger partial charge in [-0.25, -0.2) is 4.98 Å². The molecule has 0 radical (unpaired) electrons. The molecule has 4 nitrogen and oxygen atoms in total. The van der Waals surface area contributed by atoms with Crippen molar-refractivity contribution < 1.29 is 0 Å². The van der Waals surface area contributed by atoms with E-state index in [4.69, 9.17) is 10.7 Å². The van der Waals surface area contributed by atoms with Crippen LogP contribution in [0.1, 0.15) is 24.4 Å². The molecule has 21 heavy (non-hydrogen) atoms. The minimum atomic E-state index is 0.386. The van der Waals surface area contributed by atoms with Gasteiger partial charge in [0.25, 0.3) is 0 Å². The molecule has 0 amide bonds. The fourth-order valence-electron chi connectivity index (χ4n) is 2.97. The Labute approximate surface area is 127 Å². The van der Waals surface area contributed by atoms with Crippen molar-refractivity contribution in [1.29, 1.82) is 0 Å². The van der Waals surface area contributed by atoms with Gasteiger partial charge in [-0.3, -0.25) is 4.98 Å². The normalized spacial score (nSPS) is 18.5. The highest BCUT2D eigenvalue weighted by Crippen LogP contribution is 2.39. The molecule has 3 aromatic rings. The molecule has 1 unspecified atom stereocenters. The molecular formula is C16H16N4S. The summed E-state index contributed by atoms with van der Waals surface area (Å²) in [6, 6.07) is 10.5. The van der Waals surface area contributed by atoms with Crippen molar-refractivity contribution in [3.63, 3.8) is 0 Å². The van der Waals surface area contributed by atoms with Gasteiger partial charge in [-0.05, 0) is 42.7 Å². The van der Waals surface area contributed by atoms with E-state index >= 15 is 0 Å². The Morgan fingerprint density at radius 1 is 1.29 bits per heavy atom. The third kappa shape index (κ3) is 2.23. The van der Waals surface area contributed by atoms with Crippen LogP contribution in [0.2, 0.25) is 0 Å². The van der Waals surface area contributed by atoms with Crippen LogP contribution in [-0.4, -0.2) is 16.5 Å². The fraction of sp³-hybridized carbons (Fsp3) is 0.250. The third-order valence-corrected chi connectivity index (χ3v) is 5.02.